The summed E-state index contributed by atoms with van der Waals surface area (Å²) in [6, 6.07) is 18.9. The Bertz CT molecular complexity index is 1060. The third-order valence-corrected chi connectivity index (χ3v) is 6.23. The lowest BCUT2D eigenvalue weighted by Crippen LogP contribution is -2.44. The van der Waals surface area contributed by atoms with Crippen LogP contribution in [0.1, 0.15) is 25.0 Å². The summed E-state index contributed by atoms with van der Waals surface area (Å²) in [4.78, 5) is 17.6. The van der Waals surface area contributed by atoms with E-state index < -0.39 is 5.60 Å². The van der Waals surface area contributed by atoms with Crippen molar-refractivity contribution < 1.29 is 9.90 Å². The third kappa shape index (κ3) is 3.12. The number of aliphatic hydroxyl groups is 1. The molecule has 4 nitrogen and oxygen atoms in total. The van der Waals surface area contributed by atoms with Gasteiger partial charge < -0.3 is 14.9 Å². The zero-order valence-electron chi connectivity index (χ0n) is 16.7. The molecule has 0 bridgehead atoms. The second-order valence-corrected chi connectivity index (χ2v) is 7.76. The quantitative estimate of drug-likeness (QED) is 0.656. The van der Waals surface area contributed by atoms with Gasteiger partial charge in [0.25, 0.3) is 5.91 Å². The molecule has 1 atom stereocenters. The van der Waals surface area contributed by atoms with Crippen LogP contribution in [0.5, 0.6) is 0 Å². The molecule has 1 unspecified atom stereocenters. The first kappa shape index (κ1) is 19.9. The van der Waals surface area contributed by atoms with Gasteiger partial charge in [0.2, 0.25) is 0 Å². The predicted octanol–water partition coefficient (Wildman–Crippen LogP) is 4.42. The van der Waals surface area contributed by atoms with E-state index in [0.29, 0.717) is 28.4 Å². The van der Waals surface area contributed by atoms with Crippen molar-refractivity contribution in [1.29, 1.82) is 0 Å². The number of carbonyl (C=O) groups excluding carboxylic acids is 1. The smallest absolute Gasteiger partial charge is 0.268 e. The van der Waals surface area contributed by atoms with Crippen molar-refractivity contribution in [3.05, 3.63) is 76.8 Å². The summed E-state index contributed by atoms with van der Waals surface area (Å²) in [5.41, 5.74) is -0.0782. The van der Waals surface area contributed by atoms with Gasteiger partial charge in [-0.2, -0.15) is 0 Å². The van der Waals surface area contributed by atoms with E-state index in [1.807, 2.05) is 54.6 Å². The molecule has 0 aliphatic carbocycles. The van der Waals surface area contributed by atoms with Crippen molar-refractivity contribution in [2.75, 3.05) is 31.1 Å². The monoisotopic (exact) mass is 408 g/mol. The van der Waals surface area contributed by atoms with E-state index in [9.17, 15) is 9.90 Å². The van der Waals surface area contributed by atoms with E-state index in [-0.39, 0.29) is 5.91 Å². The number of nitrogens with zero attached hydrogens (tertiary/aromatic N) is 2. The van der Waals surface area contributed by atoms with Crippen LogP contribution < -0.4 is 4.90 Å². The first-order valence-corrected chi connectivity index (χ1v) is 10.4. The average Bonchev–Trinajstić information content (AvgIpc) is 2.97. The Morgan fingerprint density at radius 2 is 1.69 bits per heavy atom. The zero-order chi connectivity index (χ0) is 20.6. The summed E-state index contributed by atoms with van der Waals surface area (Å²) in [6.45, 7) is 7.26. The van der Waals surface area contributed by atoms with Crippen molar-refractivity contribution in [2.24, 2.45) is 0 Å². The maximum absolute atomic E-state index is 13.7. The minimum atomic E-state index is -1.81. The van der Waals surface area contributed by atoms with Crippen LogP contribution >= 0.6 is 11.6 Å². The molecule has 4 rings (SSSR count). The molecule has 1 heterocycles. The number of carbonyl (C=O) groups is 1. The van der Waals surface area contributed by atoms with Crippen LogP contribution in [0.15, 0.2) is 60.7 Å². The standard InChI is InChI=1S/C24H25ClN2O2/c1-3-26(4-2)15-16-27-21-14-8-13-20(25)22(21)24(29,23(27)28)19-12-7-10-17-9-5-6-11-18(17)19/h5-14,29H,3-4,15-16H2,1-2H3. The van der Waals surface area contributed by atoms with Crippen molar-refractivity contribution in [1.82, 2.24) is 4.90 Å². The molecular weight excluding hydrogens is 384 g/mol. The average molecular weight is 409 g/mol. The number of hydrogen-bond donors (Lipinski definition) is 1. The molecule has 150 valence electrons. The van der Waals surface area contributed by atoms with Crippen LogP contribution in [0.3, 0.4) is 0 Å². The van der Waals surface area contributed by atoms with Crippen LogP contribution in [0.25, 0.3) is 10.8 Å². The number of halogens is 1. The van der Waals surface area contributed by atoms with E-state index >= 15 is 0 Å². The molecule has 29 heavy (non-hydrogen) atoms. The van der Waals surface area contributed by atoms with Gasteiger partial charge in [0.05, 0.1) is 5.69 Å². The van der Waals surface area contributed by atoms with Gasteiger partial charge in [-0.3, -0.25) is 4.79 Å². The highest BCUT2D eigenvalue weighted by atomic mass is 35.5. The number of rotatable bonds is 6. The Labute approximate surface area is 176 Å². The van der Waals surface area contributed by atoms with E-state index in [1.54, 1.807) is 11.0 Å². The maximum Gasteiger partial charge on any atom is 0.268 e. The SMILES string of the molecule is CCN(CC)CCN1C(=O)C(O)(c2cccc3ccccc23)c2c(Cl)cccc21. The molecule has 1 amide bonds. The van der Waals surface area contributed by atoms with Crippen LogP contribution in [0.4, 0.5) is 5.69 Å². The highest BCUT2D eigenvalue weighted by Crippen LogP contribution is 2.49. The van der Waals surface area contributed by atoms with Crippen molar-refractivity contribution in [3.63, 3.8) is 0 Å². The number of benzene rings is 3. The highest BCUT2D eigenvalue weighted by molar-refractivity contribution is 6.33. The van der Waals surface area contributed by atoms with Gasteiger partial charge in [-0.05, 0) is 36.0 Å². The van der Waals surface area contributed by atoms with Gasteiger partial charge in [0.15, 0.2) is 5.60 Å². The van der Waals surface area contributed by atoms with Crippen LogP contribution in [-0.4, -0.2) is 42.1 Å². The topological polar surface area (TPSA) is 43.8 Å². The number of anilines is 1. The van der Waals surface area contributed by atoms with Gasteiger partial charge in [-0.1, -0.05) is 74.0 Å². The minimum Gasteiger partial charge on any atom is -0.372 e. The molecule has 0 fully saturated rings. The molecule has 0 saturated heterocycles. The first-order chi connectivity index (χ1) is 14.0. The zero-order valence-corrected chi connectivity index (χ0v) is 17.5. The molecule has 0 saturated carbocycles. The molecule has 0 spiro atoms. The summed E-state index contributed by atoms with van der Waals surface area (Å²) in [5, 5.41) is 14.1. The lowest BCUT2D eigenvalue weighted by Gasteiger charge is -2.27. The van der Waals surface area contributed by atoms with Crippen molar-refractivity contribution in [2.45, 2.75) is 19.4 Å². The molecule has 1 aliphatic heterocycles. The van der Waals surface area contributed by atoms with Crippen LogP contribution in [0, 0.1) is 0 Å². The number of likely N-dealkylation sites (N-methyl/N-ethyl adjacent to an activating group) is 1. The fourth-order valence-electron chi connectivity index (χ4n) is 4.30. The van der Waals surface area contributed by atoms with E-state index in [4.69, 9.17) is 11.6 Å². The lowest BCUT2D eigenvalue weighted by molar-refractivity contribution is -0.132. The molecule has 0 radical (unpaired) electrons. The molecule has 0 aromatic heterocycles. The molecule has 1 N–H and O–H groups in total. The maximum atomic E-state index is 13.7. The normalized spacial score (nSPS) is 18.7. The molecule has 1 aliphatic rings. The summed E-state index contributed by atoms with van der Waals surface area (Å²) in [7, 11) is 0. The Morgan fingerprint density at radius 1 is 1.00 bits per heavy atom. The Hall–Kier alpha value is -2.40. The van der Waals surface area contributed by atoms with Gasteiger partial charge in [-0.15, -0.1) is 0 Å². The summed E-state index contributed by atoms with van der Waals surface area (Å²) >= 11 is 6.55. The highest BCUT2D eigenvalue weighted by Gasteiger charge is 2.52. The summed E-state index contributed by atoms with van der Waals surface area (Å²) in [6.07, 6.45) is 0. The van der Waals surface area contributed by atoms with E-state index in [0.717, 1.165) is 30.4 Å². The van der Waals surface area contributed by atoms with Crippen molar-refractivity contribution in [3.8, 4) is 0 Å². The van der Waals surface area contributed by atoms with Gasteiger partial charge in [0.1, 0.15) is 0 Å². The lowest BCUT2D eigenvalue weighted by atomic mass is 9.84. The molecule has 5 heteroatoms. The second kappa shape index (κ2) is 7.79. The number of amides is 1. The van der Waals surface area contributed by atoms with E-state index in [2.05, 4.69) is 18.7 Å². The number of fused-ring (bicyclic) bond motifs is 2. The second-order valence-electron chi connectivity index (χ2n) is 7.35. The minimum absolute atomic E-state index is 0.343. The first-order valence-electron chi connectivity index (χ1n) is 10.1. The molecule has 3 aromatic carbocycles. The van der Waals surface area contributed by atoms with Crippen molar-refractivity contribution >= 4 is 34.0 Å². The Balaban J connectivity index is 1.87. The van der Waals surface area contributed by atoms with Gasteiger partial charge in [-0.25, -0.2) is 0 Å². The van der Waals surface area contributed by atoms with Crippen LogP contribution in [-0.2, 0) is 10.4 Å². The molecular formula is C24H25ClN2O2. The Kier molecular flexibility index (Phi) is 5.34. The third-order valence-electron chi connectivity index (χ3n) is 5.91. The fourth-order valence-corrected chi connectivity index (χ4v) is 4.61. The van der Waals surface area contributed by atoms with Gasteiger partial charge in [0, 0.05) is 29.2 Å². The van der Waals surface area contributed by atoms with Gasteiger partial charge >= 0.3 is 0 Å². The summed E-state index contributed by atoms with van der Waals surface area (Å²) < 4.78 is 0. The predicted molar refractivity (Wildman–Crippen MR) is 119 cm³/mol. The Morgan fingerprint density at radius 3 is 2.45 bits per heavy atom. The fraction of sp³-hybridized carbons (Fsp3) is 0.292. The van der Waals surface area contributed by atoms with Crippen LogP contribution in [0.2, 0.25) is 5.02 Å². The molecule has 3 aromatic rings. The number of hydrogen-bond acceptors (Lipinski definition) is 3. The summed E-state index contributed by atoms with van der Waals surface area (Å²) in [5.74, 6) is -0.343. The van der Waals surface area contributed by atoms with E-state index in [1.165, 1.54) is 0 Å². The largest absolute Gasteiger partial charge is 0.372 e.